The van der Waals surface area contributed by atoms with Crippen molar-refractivity contribution in [1.29, 1.82) is 0 Å². The van der Waals surface area contributed by atoms with E-state index < -0.39 is 11.7 Å². The molecule has 0 saturated carbocycles. The van der Waals surface area contributed by atoms with Gasteiger partial charge in [0.05, 0.1) is 11.3 Å². The number of benzene rings is 1. The van der Waals surface area contributed by atoms with Gasteiger partial charge in [-0.3, -0.25) is 9.59 Å². The number of nitrogens with one attached hydrogen (secondary N) is 1. The van der Waals surface area contributed by atoms with Gasteiger partial charge in [0.25, 0.3) is 11.7 Å². The molecule has 0 saturated heterocycles. The summed E-state index contributed by atoms with van der Waals surface area (Å²) in [4.78, 5) is 22.3. The molecule has 1 aromatic carbocycles. The second-order valence-electron chi connectivity index (χ2n) is 2.74. The molecule has 4 nitrogen and oxygen atoms in total. The summed E-state index contributed by atoms with van der Waals surface area (Å²) < 4.78 is 5.14. The summed E-state index contributed by atoms with van der Waals surface area (Å²) in [5, 5.41) is 2.46. The molecule has 0 unspecified atom stereocenters. The molecular formula is C9H6BrNO3. The number of Topliss-reactive ketones (excluding diaryl/α,β-unsaturated/α-hetero) is 1. The Kier molecular flexibility index (Phi) is 2.25. The summed E-state index contributed by atoms with van der Waals surface area (Å²) >= 11 is 3.10. The summed E-state index contributed by atoms with van der Waals surface area (Å²) in [5.74, 6) is -0.540. The summed E-state index contributed by atoms with van der Waals surface area (Å²) in [7, 11) is 0. The average Bonchev–Trinajstić information content (AvgIpc) is 2.45. The van der Waals surface area contributed by atoms with Crippen LogP contribution < -0.4 is 10.1 Å². The van der Waals surface area contributed by atoms with Gasteiger partial charge in [-0.25, -0.2) is 0 Å². The van der Waals surface area contributed by atoms with Gasteiger partial charge in [-0.05, 0) is 34.1 Å². The molecular weight excluding hydrogens is 250 g/mol. The minimum atomic E-state index is -0.587. The van der Waals surface area contributed by atoms with Crippen molar-refractivity contribution in [1.82, 2.24) is 0 Å². The van der Waals surface area contributed by atoms with Crippen LogP contribution in [0.3, 0.4) is 0 Å². The Bertz CT molecular complexity index is 417. The number of hydrogen-bond donors (Lipinski definition) is 1. The van der Waals surface area contributed by atoms with Crippen LogP contribution in [0.2, 0.25) is 0 Å². The van der Waals surface area contributed by atoms with Crippen LogP contribution in [0.1, 0.15) is 10.4 Å². The zero-order chi connectivity index (χ0) is 10.1. The predicted octanol–water partition coefficient (Wildman–Crippen LogP) is 1.55. The summed E-state index contributed by atoms with van der Waals surface area (Å²) in [6, 6.07) is 4.89. The zero-order valence-corrected chi connectivity index (χ0v) is 8.63. The Morgan fingerprint density at radius 1 is 1.36 bits per heavy atom. The maximum atomic E-state index is 11.3. The van der Waals surface area contributed by atoms with Crippen molar-refractivity contribution in [2.75, 3.05) is 10.8 Å². The van der Waals surface area contributed by atoms with Crippen LogP contribution >= 0.6 is 15.9 Å². The molecule has 1 aliphatic heterocycles. The molecule has 1 heterocycles. The molecule has 0 atom stereocenters. The van der Waals surface area contributed by atoms with Crippen molar-refractivity contribution < 1.29 is 14.3 Å². The van der Waals surface area contributed by atoms with Gasteiger partial charge in [0, 0.05) is 0 Å². The largest absolute Gasteiger partial charge is 0.482 e. The van der Waals surface area contributed by atoms with Crippen LogP contribution in [0.25, 0.3) is 0 Å². The van der Waals surface area contributed by atoms with Gasteiger partial charge in [-0.1, -0.05) is 0 Å². The first kappa shape index (κ1) is 9.21. The minimum Gasteiger partial charge on any atom is -0.482 e. The number of halogens is 1. The molecule has 1 N–H and O–H groups in total. The maximum absolute atomic E-state index is 11.3. The van der Waals surface area contributed by atoms with E-state index in [0.717, 1.165) is 0 Å². The highest BCUT2D eigenvalue weighted by molar-refractivity contribution is 9.09. The predicted molar refractivity (Wildman–Crippen MR) is 53.8 cm³/mol. The third-order valence-corrected chi connectivity index (χ3v) is 2.14. The van der Waals surface area contributed by atoms with Gasteiger partial charge in [-0.2, -0.15) is 0 Å². The smallest absolute Gasteiger partial charge is 0.296 e. The lowest BCUT2D eigenvalue weighted by Gasteiger charge is -2.02. The fourth-order valence-electron chi connectivity index (χ4n) is 1.27. The topological polar surface area (TPSA) is 55.4 Å². The van der Waals surface area contributed by atoms with Crippen LogP contribution in [0.5, 0.6) is 5.75 Å². The molecule has 0 spiro atoms. The number of fused-ring (bicyclic) bond motifs is 1. The molecule has 0 bridgehead atoms. The van der Waals surface area contributed by atoms with Crippen molar-refractivity contribution in [3.8, 4) is 5.75 Å². The number of ether oxygens (including phenoxy) is 1. The summed E-state index contributed by atoms with van der Waals surface area (Å²) in [6.45, 7) is 0. The Labute approximate surface area is 88.4 Å². The standard InChI is InChI=1S/C9H6BrNO3/c10-4-14-5-1-2-7-6(3-5)8(12)9(13)11-7/h1-3H,4H2,(H,11,12,13). The van der Waals surface area contributed by atoms with Gasteiger partial charge < -0.3 is 10.1 Å². The normalized spacial score (nSPS) is 13.8. The number of rotatable bonds is 2. The minimum absolute atomic E-state index is 0.349. The van der Waals surface area contributed by atoms with Crippen molar-refractivity contribution in [2.24, 2.45) is 0 Å². The van der Waals surface area contributed by atoms with Crippen LogP contribution in [0.15, 0.2) is 18.2 Å². The highest BCUT2D eigenvalue weighted by Crippen LogP contribution is 2.27. The van der Waals surface area contributed by atoms with E-state index >= 15 is 0 Å². The summed E-state index contributed by atoms with van der Waals surface area (Å²) in [6.07, 6.45) is 0. The third-order valence-electron chi connectivity index (χ3n) is 1.91. The van der Waals surface area contributed by atoms with Gasteiger partial charge in [0.1, 0.15) is 11.3 Å². The molecule has 0 aliphatic carbocycles. The number of ketones is 1. The molecule has 1 aliphatic rings. The number of alkyl halides is 1. The van der Waals surface area contributed by atoms with E-state index in [9.17, 15) is 9.59 Å². The Morgan fingerprint density at radius 3 is 2.86 bits per heavy atom. The third kappa shape index (κ3) is 1.39. The number of carbonyl (C=O) groups excluding carboxylic acids is 2. The van der Waals surface area contributed by atoms with E-state index in [2.05, 4.69) is 21.2 Å². The van der Waals surface area contributed by atoms with Gasteiger partial charge >= 0.3 is 0 Å². The van der Waals surface area contributed by atoms with E-state index in [1.807, 2.05) is 0 Å². The van der Waals surface area contributed by atoms with E-state index in [1.165, 1.54) is 0 Å². The van der Waals surface area contributed by atoms with Crippen LogP contribution in [-0.2, 0) is 4.79 Å². The molecule has 1 amide bonds. The summed E-state index contributed by atoms with van der Waals surface area (Å²) in [5.41, 5.74) is 1.26. The lowest BCUT2D eigenvalue weighted by molar-refractivity contribution is -0.112. The van der Waals surface area contributed by atoms with Gasteiger partial charge in [-0.15, -0.1) is 0 Å². The van der Waals surface area contributed by atoms with Crippen LogP contribution in [0.4, 0.5) is 5.69 Å². The number of carbonyl (C=O) groups is 2. The number of anilines is 1. The second-order valence-corrected chi connectivity index (χ2v) is 3.20. The first-order valence-corrected chi connectivity index (χ1v) is 5.03. The molecule has 72 valence electrons. The highest BCUT2D eigenvalue weighted by atomic mass is 79.9. The fourth-order valence-corrected chi connectivity index (χ4v) is 1.54. The van der Waals surface area contributed by atoms with Crippen molar-refractivity contribution >= 4 is 33.3 Å². The van der Waals surface area contributed by atoms with E-state index in [-0.39, 0.29) is 0 Å². The maximum Gasteiger partial charge on any atom is 0.296 e. The van der Waals surface area contributed by atoms with Crippen molar-refractivity contribution in [3.63, 3.8) is 0 Å². The lowest BCUT2D eigenvalue weighted by atomic mass is 10.1. The monoisotopic (exact) mass is 255 g/mol. The van der Waals surface area contributed by atoms with Crippen LogP contribution in [-0.4, -0.2) is 17.2 Å². The molecule has 0 radical (unpaired) electrons. The SMILES string of the molecule is O=C1Nc2ccc(OCBr)cc2C1=O. The fraction of sp³-hybridized carbons (Fsp3) is 0.111. The quantitative estimate of drug-likeness (QED) is 0.645. The zero-order valence-electron chi connectivity index (χ0n) is 7.04. The first-order valence-electron chi connectivity index (χ1n) is 3.91. The van der Waals surface area contributed by atoms with E-state index in [4.69, 9.17) is 4.74 Å². The average molecular weight is 256 g/mol. The molecule has 5 heteroatoms. The Morgan fingerprint density at radius 2 is 2.14 bits per heavy atom. The second kappa shape index (κ2) is 3.42. The number of amides is 1. The van der Waals surface area contributed by atoms with Crippen LogP contribution in [0, 0.1) is 0 Å². The lowest BCUT2D eigenvalue weighted by Crippen LogP contribution is -2.12. The van der Waals surface area contributed by atoms with Gasteiger partial charge in [0.2, 0.25) is 0 Å². The Balaban J connectivity index is 2.41. The van der Waals surface area contributed by atoms with Gasteiger partial charge in [0.15, 0.2) is 0 Å². The molecule has 0 fully saturated rings. The number of hydrogen-bond acceptors (Lipinski definition) is 3. The molecule has 0 aromatic heterocycles. The first-order chi connectivity index (χ1) is 6.72. The molecule has 2 rings (SSSR count). The molecule has 14 heavy (non-hydrogen) atoms. The van der Waals surface area contributed by atoms with E-state index in [1.54, 1.807) is 18.2 Å². The van der Waals surface area contributed by atoms with Crippen molar-refractivity contribution in [3.05, 3.63) is 23.8 Å². The Hall–Kier alpha value is -1.36. The van der Waals surface area contributed by atoms with E-state index in [0.29, 0.717) is 22.5 Å². The van der Waals surface area contributed by atoms with Crippen molar-refractivity contribution in [2.45, 2.75) is 0 Å². The highest BCUT2D eigenvalue weighted by Gasteiger charge is 2.27. The molecule has 1 aromatic rings.